The molecule has 1 aliphatic carbocycles. The lowest BCUT2D eigenvalue weighted by Crippen LogP contribution is -2.55. The molecule has 10 heteroatoms. The molecular formula is C35H37F2N5O3. The number of nitrogens with two attached hydrogens (primary N) is 1. The van der Waals surface area contributed by atoms with Crippen molar-refractivity contribution in [3.63, 3.8) is 0 Å². The van der Waals surface area contributed by atoms with Crippen molar-refractivity contribution in [2.24, 2.45) is 5.73 Å². The van der Waals surface area contributed by atoms with Gasteiger partial charge in [0.05, 0.1) is 18.1 Å². The second-order valence-corrected chi connectivity index (χ2v) is 11.9. The van der Waals surface area contributed by atoms with E-state index in [2.05, 4.69) is 22.0 Å². The predicted octanol–water partition coefficient (Wildman–Crippen LogP) is 5.98. The van der Waals surface area contributed by atoms with Gasteiger partial charge in [-0.15, -0.1) is 0 Å². The van der Waals surface area contributed by atoms with E-state index in [4.69, 9.17) is 10.5 Å². The first-order valence-corrected chi connectivity index (χ1v) is 15.5. The van der Waals surface area contributed by atoms with Crippen molar-refractivity contribution in [3.8, 4) is 11.3 Å². The number of imidazole rings is 1. The quantitative estimate of drug-likeness (QED) is 0.264. The van der Waals surface area contributed by atoms with E-state index in [0.29, 0.717) is 43.9 Å². The number of amides is 2. The first-order chi connectivity index (χ1) is 21.9. The highest BCUT2D eigenvalue weighted by molar-refractivity contribution is 5.98. The number of piperazine rings is 1. The molecule has 0 radical (unpaired) electrons. The summed E-state index contributed by atoms with van der Waals surface area (Å²) in [6.07, 6.45) is 3.94. The van der Waals surface area contributed by atoms with Gasteiger partial charge in [-0.25, -0.2) is 18.6 Å². The second-order valence-electron chi connectivity index (χ2n) is 11.9. The lowest BCUT2D eigenvalue weighted by molar-refractivity contribution is 0.0428. The Bertz CT molecular complexity index is 1610. The number of hydrogen-bond donors (Lipinski definition) is 1. The third-order valence-electron chi connectivity index (χ3n) is 8.81. The molecule has 1 saturated carbocycles. The van der Waals surface area contributed by atoms with Crippen LogP contribution in [0.1, 0.15) is 53.3 Å². The van der Waals surface area contributed by atoms with Gasteiger partial charge in [-0.2, -0.15) is 0 Å². The number of ether oxygens (including phenoxy) is 1. The lowest BCUT2D eigenvalue weighted by atomic mass is 9.91. The molecule has 0 spiro atoms. The molecule has 0 bridgehead atoms. The van der Waals surface area contributed by atoms with Crippen molar-refractivity contribution in [3.05, 3.63) is 114 Å². The van der Waals surface area contributed by atoms with Gasteiger partial charge < -0.3 is 19.9 Å². The van der Waals surface area contributed by atoms with E-state index in [9.17, 15) is 18.4 Å². The van der Waals surface area contributed by atoms with Crippen LogP contribution in [-0.4, -0.2) is 63.1 Å². The molecule has 8 nitrogen and oxygen atoms in total. The number of carbonyl (C=O) groups excluding carboxylic acids is 2. The maximum absolute atomic E-state index is 14.5. The Morgan fingerprint density at radius 3 is 2.29 bits per heavy atom. The van der Waals surface area contributed by atoms with E-state index in [-0.39, 0.29) is 30.1 Å². The van der Waals surface area contributed by atoms with Crippen LogP contribution in [0.3, 0.4) is 0 Å². The van der Waals surface area contributed by atoms with Gasteiger partial charge in [0.15, 0.2) is 5.69 Å². The zero-order valence-corrected chi connectivity index (χ0v) is 25.0. The molecular weight excluding hydrogens is 576 g/mol. The number of primary amides is 1. The summed E-state index contributed by atoms with van der Waals surface area (Å²) in [5.74, 6) is -1.55. The SMILES string of the molecule is NC(=O)O[C@H]1CCCC[C@@H]1n1cnc(C(=O)N2CCN(Cc3ccccc3)C[C@H]2Cc2cc(F)cc(F)c2)c1-c1ccccc1. The van der Waals surface area contributed by atoms with Crippen LogP contribution in [0, 0.1) is 11.6 Å². The molecule has 1 aliphatic heterocycles. The predicted molar refractivity (Wildman–Crippen MR) is 166 cm³/mol. The number of nitrogens with zero attached hydrogens (tertiary/aromatic N) is 4. The average Bonchev–Trinajstić information content (AvgIpc) is 3.46. The average molecular weight is 614 g/mol. The van der Waals surface area contributed by atoms with E-state index >= 15 is 0 Å². The Morgan fingerprint density at radius 2 is 1.58 bits per heavy atom. The van der Waals surface area contributed by atoms with Crippen molar-refractivity contribution >= 4 is 12.0 Å². The highest BCUT2D eigenvalue weighted by Crippen LogP contribution is 2.36. The fourth-order valence-corrected chi connectivity index (χ4v) is 6.82. The van der Waals surface area contributed by atoms with Crippen molar-refractivity contribution in [1.82, 2.24) is 19.4 Å². The number of rotatable bonds is 8. The molecule has 2 heterocycles. The Labute approximate surface area is 261 Å². The van der Waals surface area contributed by atoms with Crippen molar-refractivity contribution in [2.45, 2.75) is 56.8 Å². The number of hydrogen-bond acceptors (Lipinski definition) is 5. The molecule has 2 N–H and O–H groups in total. The molecule has 234 valence electrons. The first kappa shape index (κ1) is 30.5. The van der Waals surface area contributed by atoms with Crippen LogP contribution in [0.25, 0.3) is 11.3 Å². The highest BCUT2D eigenvalue weighted by atomic mass is 19.1. The summed E-state index contributed by atoms with van der Waals surface area (Å²) >= 11 is 0. The van der Waals surface area contributed by atoms with Gasteiger partial charge in [-0.05, 0) is 48.9 Å². The van der Waals surface area contributed by atoms with Crippen LogP contribution in [-0.2, 0) is 17.7 Å². The first-order valence-electron chi connectivity index (χ1n) is 15.5. The minimum Gasteiger partial charge on any atom is -0.444 e. The van der Waals surface area contributed by atoms with Crippen molar-refractivity contribution in [1.29, 1.82) is 0 Å². The van der Waals surface area contributed by atoms with Crippen LogP contribution < -0.4 is 5.73 Å². The van der Waals surface area contributed by atoms with Gasteiger partial charge in [0.25, 0.3) is 5.91 Å². The molecule has 45 heavy (non-hydrogen) atoms. The van der Waals surface area contributed by atoms with E-state index in [1.54, 1.807) is 11.2 Å². The van der Waals surface area contributed by atoms with Crippen LogP contribution in [0.15, 0.2) is 85.2 Å². The van der Waals surface area contributed by atoms with Gasteiger partial charge in [0.2, 0.25) is 0 Å². The van der Waals surface area contributed by atoms with E-state index in [1.807, 2.05) is 53.1 Å². The zero-order valence-electron chi connectivity index (χ0n) is 25.0. The van der Waals surface area contributed by atoms with Gasteiger partial charge in [-0.1, -0.05) is 67.1 Å². The second kappa shape index (κ2) is 13.6. The molecule has 2 aliphatic rings. The molecule has 2 fully saturated rings. The van der Waals surface area contributed by atoms with Crippen molar-refractivity contribution < 1.29 is 23.1 Å². The fraction of sp³-hybridized carbons (Fsp3) is 0.343. The number of aromatic nitrogens is 2. The highest BCUT2D eigenvalue weighted by Gasteiger charge is 2.37. The van der Waals surface area contributed by atoms with E-state index in [0.717, 1.165) is 36.5 Å². The van der Waals surface area contributed by atoms with Gasteiger partial charge in [0.1, 0.15) is 17.7 Å². The van der Waals surface area contributed by atoms with E-state index in [1.165, 1.54) is 12.1 Å². The summed E-state index contributed by atoms with van der Waals surface area (Å²) in [6.45, 7) is 2.28. The van der Waals surface area contributed by atoms with Gasteiger partial charge in [0, 0.05) is 43.9 Å². The summed E-state index contributed by atoms with van der Waals surface area (Å²) in [6, 6.07) is 22.6. The van der Waals surface area contributed by atoms with Crippen molar-refractivity contribution in [2.75, 3.05) is 19.6 Å². The molecule has 4 aromatic rings. The standard InChI is InChI=1S/C35H37F2N5O3/c36-27-17-25(18-28(37)20-27)19-29-22-40(21-24-9-3-1-4-10-24)15-16-41(29)34(43)32-33(26-11-5-2-6-12-26)42(23-39-32)30-13-7-8-14-31(30)45-35(38)44/h1-6,9-12,17-18,20,23,29-31H,7-8,13-16,19,21-22H2,(H2,38,44)/t29-,30+,31+/m1/s1. The smallest absolute Gasteiger partial charge is 0.404 e. The maximum atomic E-state index is 14.5. The monoisotopic (exact) mass is 613 g/mol. The van der Waals surface area contributed by atoms with Gasteiger partial charge in [-0.3, -0.25) is 9.69 Å². The normalized spacial score (nSPS) is 20.6. The molecule has 6 rings (SSSR count). The largest absolute Gasteiger partial charge is 0.444 e. The molecule has 3 atom stereocenters. The summed E-state index contributed by atoms with van der Waals surface area (Å²) in [5.41, 5.74) is 8.81. The minimum atomic E-state index is -0.824. The Kier molecular flexibility index (Phi) is 9.21. The van der Waals surface area contributed by atoms with Gasteiger partial charge >= 0.3 is 6.09 Å². The van der Waals surface area contributed by atoms with E-state index < -0.39 is 23.8 Å². The third kappa shape index (κ3) is 7.06. The number of halogens is 2. The Hall–Kier alpha value is -4.57. The molecule has 2 amide bonds. The lowest BCUT2D eigenvalue weighted by Gasteiger charge is -2.41. The summed E-state index contributed by atoms with van der Waals surface area (Å²) in [4.78, 5) is 35.0. The summed E-state index contributed by atoms with van der Waals surface area (Å²) in [5, 5.41) is 0. The third-order valence-corrected chi connectivity index (χ3v) is 8.81. The molecule has 0 unspecified atom stereocenters. The van der Waals surface area contributed by atoms with Crippen LogP contribution >= 0.6 is 0 Å². The summed E-state index contributed by atoms with van der Waals surface area (Å²) in [7, 11) is 0. The fourth-order valence-electron chi connectivity index (χ4n) is 6.82. The molecule has 1 aromatic heterocycles. The minimum absolute atomic E-state index is 0.232. The molecule has 3 aromatic carbocycles. The summed E-state index contributed by atoms with van der Waals surface area (Å²) < 4.78 is 35.9. The van der Waals surface area contributed by atoms with Crippen LogP contribution in [0.2, 0.25) is 0 Å². The Morgan fingerprint density at radius 1 is 0.889 bits per heavy atom. The Balaban J connectivity index is 1.35. The topological polar surface area (TPSA) is 93.7 Å². The maximum Gasteiger partial charge on any atom is 0.404 e. The van der Waals surface area contributed by atoms with Crippen LogP contribution in [0.5, 0.6) is 0 Å². The number of carbonyl (C=O) groups is 2. The zero-order chi connectivity index (χ0) is 31.3. The van der Waals surface area contributed by atoms with Crippen LogP contribution in [0.4, 0.5) is 13.6 Å². The molecule has 1 saturated heterocycles. The number of benzene rings is 3.